The Labute approximate surface area is 135 Å². The van der Waals surface area contributed by atoms with Gasteiger partial charge in [-0.25, -0.2) is 8.42 Å². The highest BCUT2D eigenvalue weighted by Crippen LogP contribution is 2.28. The Morgan fingerprint density at radius 1 is 1.43 bits per heavy atom. The van der Waals surface area contributed by atoms with Crippen molar-refractivity contribution in [2.45, 2.75) is 20.3 Å². The molecule has 2 rings (SSSR count). The number of nitrogens with zero attached hydrogens (tertiary/aromatic N) is 2. The molecular formula is C15H21N3O4S. The van der Waals surface area contributed by atoms with Gasteiger partial charge in [-0.05, 0) is 24.5 Å². The molecule has 0 saturated carbocycles. The predicted molar refractivity (Wildman–Crippen MR) is 90.4 cm³/mol. The lowest BCUT2D eigenvalue weighted by Gasteiger charge is -2.23. The first-order chi connectivity index (χ1) is 10.7. The number of sulfonamides is 1. The van der Waals surface area contributed by atoms with Crippen LogP contribution in [0.4, 0.5) is 5.69 Å². The molecule has 0 spiro atoms. The standard InChI is InChI=1S/C15H21N3O4S/c1-10(2)6-7-18(23(3,20)21)11-4-5-12-13(15(16)17-19)9-22-14(12)8-11/h4-5,8-10,19H,6-7H2,1-3H3,(H2,16,17). The second-order valence-electron chi connectivity index (χ2n) is 5.83. The van der Waals surface area contributed by atoms with Gasteiger partial charge in [-0.1, -0.05) is 19.0 Å². The van der Waals surface area contributed by atoms with Crippen LogP contribution in [-0.2, 0) is 10.0 Å². The molecule has 0 amide bonds. The highest BCUT2D eigenvalue weighted by Gasteiger charge is 2.19. The van der Waals surface area contributed by atoms with Gasteiger partial charge in [0.2, 0.25) is 10.0 Å². The lowest BCUT2D eigenvalue weighted by Crippen LogP contribution is -2.31. The van der Waals surface area contributed by atoms with E-state index in [1.54, 1.807) is 18.2 Å². The molecule has 0 aliphatic heterocycles. The number of rotatable bonds is 6. The fraction of sp³-hybridized carbons (Fsp3) is 0.400. The van der Waals surface area contributed by atoms with Crippen LogP contribution in [0.5, 0.6) is 0 Å². The second kappa shape index (κ2) is 6.49. The lowest BCUT2D eigenvalue weighted by atomic mass is 10.1. The van der Waals surface area contributed by atoms with E-state index in [1.807, 2.05) is 13.8 Å². The van der Waals surface area contributed by atoms with E-state index in [2.05, 4.69) is 5.16 Å². The molecule has 0 bridgehead atoms. The fourth-order valence-corrected chi connectivity index (χ4v) is 3.22. The van der Waals surface area contributed by atoms with Gasteiger partial charge in [0.15, 0.2) is 5.84 Å². The summed E-state index contributed by atoms with van der Waals surface area (Å²) < 4.78 is 30.9. The van der Waals surface area contributed by atoms with Crippen molar-refractivity contribution < 1.29 is 18.0 Å². The molecule has 0 radical (unpaired) electrons. The van der Waals surface area contributed by atoms with E-state index < -0.39 is 10.0 Å². The third-order valence-corrected chi connectivity index (χ3v) is 4.73. The van der Waals surface area contributed by atoms with Crippen molar-refractivity contribution in [1.82, 2.24) is 0 Å². The monoisotopic (exact) mass is 339 g/mol. The van der Waals surface area contributed by atoms with Crippen LogP contribution >= 0.6 is 0 Å². The zero-order valence-electron chi connectivity index (χ0n) is 13.4. The normalized spacial score (nSPS) is 13.0. The van der Waals surface area contributed by atoms with Crippen molar-refractivity contribution in [2.24, 2.45) is 16.8 Å². The highest BCUT2D eigenvalue weighted by atomic mass is 32.2. The van der Waals surface area contributed by atoms with Crippen LogP contribution in [0, 0.1) is 5.92 Å². The van der Waals surface area contributed by atoms with Gasteiger partial charge in [-0.15, -0.1) is 0 Å². The van der Waals surface area contributed by atoms with E-state index in [-0.39, 0.29) is 5.84 Å². The molecule has 1 aromatic carbocycles. The van der Waals surface area contributed by atoms with Crippen molar-refractivity contribution in [1.29, 1.82) is 0 Å². The van der Waals surface area contributed by atoms with Crippen LogP contribution in [-0.4, -0.2) is 32.3 Å². The molecule has 126 valence electrons. The number of fused-ring (bicyclic) bond motifs is 1. The molecule has 1 heterocycles. The van der Waals surface area contributed by atoms with E-state index in [0.29, 0.717) is 34.7 Å². The molecular weight excluding hydrogens is 318 g/mol. The topological polar surface area (TPSA) is 109 Å². The van der Waals surface area contributed by atoms with Crippen molar-refractivity contribution in [3.05, 3.63) is 30.0 Å². The lowest BCUT2D eigenvalue weighted by molar-refractivity contribution is 0.318. The van der Waals surface area contributed by atoms with E-state index in [0.717, 1.165) is 6.42 Å². The summed E-state index contributed by atoms with van der Waals surface area (Å²) in [6.07, 6.45) is 3.31. The second-order valence-corrected chi connectivity index (χ2v) is 7.74. The summed E-state index contributed by atoms with van der Waals surface area (Å²) in [5.41, 5.74) is 7.05. The molecule has 1 aromatic heterocycles. The summed E-state index contributed by atoms with van der Waals surface area (Å²) in [7, 11) is -3.39. The summed E-state index contributed by atoms with van der Waals surface area (Å²) in [4.78, 5) is 0. The van der Waals surface area contributed by atoms with Gasteiger partial charge in [0.25, 0.3) is 0 Å². The first-order valence-electron chi connectivity index (χ1n) is 7.21. The van der Waals surface area contributed by atoms with E-state index in [9.17, 15) is 8.42 Å². The van der Waals surface area contributed by atoms with Gasteiger partial charge < -0.3 is 15.4 Å². The van der Waals surface area contributed by atoms with Crippen molar-refractivity contribution >= 4 is 32.5 Å². The van der Waals surface area contributed by atoms with E-state index in [4.69, 9.17) is 15.4 Å². The number of anilines is 1. The molecule has 2 aromatic rings. The summed E-state index contributed by atoms with van der Waals surface area (Å²) in [6.45, 7) is 4.48. The van der Waals surface area contributed by atoms with Crippen LogP contribution in [0.3, 0.4) is 0 Å². The molecule has 0 atom stereocenters. The van der Waals surface area contributed by atoms with Crippen LogP contribution in [0.1, 0.15) is 25.8 Å². The SMILES string of the molecule is CC(C)CCN(c1ccc2c(C(N)=NO)coc2c1)S(C)(=O)=O. The average Bonchev–Trinajstić information content (AvgIpc) is 2.88. The van der Waals surface area contributed by atoms with Gasteiger partial charge in [0, 0.05) is 18.0 Å². The fourth-order valence-electron chi connectivity index (χ4n) is 2.29. The first kappa shape index (κ1) is 17.1. The Morgan fingerprint density at radius 2 is 2.13 bits per heavy atom. The number of hydrogen-bond acceptors (Lipinski definition) is 5. The largest absolute Gasteiger partial charge is 0.463 e. The Morgan fingerprint density at radius 3 is 2.70 bits per heavy atom. The van der Waals surface area contributed by atoms with Crippen LogP contribution in [0.15, 0.2) is 34.0 Å². The molecule has 0 aliphatic rings. The zero-order chi connectivity index (χ0) is 17.2. The van der Waals surface area contributed by atoms with Gasteiger partial charge in [0.05, 0.1) is 17.5 Å². The molecule has 0 unspecified atom stereocenters. The summed E-state index contributed by atoms with van der Waals surface area (Å²) in [5.74, 6) is 0.329. The Bertz CT molecular complexity index is 824. The van der Waals surface area contributed by atoms with Gasteiger partial charge in [-0.3, -0.25) is 4.31 Å². The maximum Gasteiger partial charge on any atom is 0.232 e. The summed E-state index contributed by atoms with van der Waals surface area (Å²) >= 11 is 0. The molecule has 3 N–H and O–H groups in total. The molecule has 0 fully saturated rings. The molecule has 7 nitrogen and oxygen atoms in total. The number of hydrogen-bond donors (Lipinski definition) is 2. The molecule has 23 heavy (non-hydrogen) atoms. The Kier molecular flexibility index (Phi) is 4.84. The third-order valence-electron chi connectivity index (χ3n) is 3.54. The van der Waals surface area contributed by atoms with E-state index in [1.165, 1.54) is 16.8 Å². The third kappa shape index (κ3) is 3.76. The number of oxime groups is 1. The number of benzene rings is 1. The first-order valence-corrected chi connectivity index (χ1v) is 9.05. The van der Waals surface area contributed by atoms with E-state index >= 15 is 0 Å². The van der Waals surface area contributed by atoms with Crippen molar-refractivity contribution in [2.75, 3.05) is 17.1 Å². The van der Waals surface area contributed by atoms with Crippen LogP contribution < -0.4 is 10.0 Å². The minimum absolute atomic E-state index is 0.0590. The van der Waals surface area contributed by atoms with Gasteiger partial charge in [0.1, 0.15) is 11.8 Å². The molecule has 0 aliphatic carbocycles. The number of furan rings is 1. The van der Waals surface area contributed by atoms with Crippen LogP contribution in [0.2, 0.25) is 0 Å². The number of amidine groups is 1. The van der Waals surface area contributed by atoms with Gasteiger partial charge >= 0.3 is 0 Å². The smallest absolute Gasteiger partial charge is 0.232 e. The Hall–Kier alpha value is -2.22. The van der Waals surface area contributed by atoms with Crippen molar-refractivity contribution in [3.8, 4) is 0 Å². The van der Waals surface area contributed by atoms with Crippen molar-refractivity contribution in [3.63, 3.8) is 0 Å². The average molecular weight is 339 g/mol. The molecule has 0 saturated heterocycles. The number of nitrogens with two attached hydrogens (primary N) is 1. The maximum atomic E-state index is 12.1. The summed E-state index contributed by atoms with van der Waals surface area (Å²) in [6, 6.07) is 5.04. The predicted octanol–water partition coefficient (Wildman–Crippen LogP) is 2.34. The van der Waals surface area contributed by atoms with Gasteiger partial charge in [-0.2, -0.15) is 0 Å². The minimum Gasteiger partial charge on any atom is -0.463 e. The quantitative estimate of drug-likeness (QED) is 0.363. The zero-order valence-corrected chi connectivity index (χ0v) is 14.2. The molecule has 8 heteroatoms. The maximum absolute atomic E-state index is 12.1. The Balaban J connectivity index is 2.45. The highest BCUT2D eigenvalue weighted by molar-refractivity contribution is 7.92. The minimum atomic E-state index is -3.39. The summed E-state index contributed by atoms with van der Waals surface area (Å²) in [5, 5.41) is 12.4. The van der Waals surface area contributed by atoms with Crippen LogP contribution in [0.25, 0.3) is 11.0 Å².